The molecule has 0 atom stereocenters. The summed E-state index contributed by atoms with van der Waals surface area (Å²) in [6, 6.07) is 0. The number of nitrogens with zero attached hydrogens (tertiary/aromatic N) is 1. The highest BCUT2D eigenvalue weighted by molar-refractivity contribution is 8.14. The minimum atomic E-state index is 0.189. The molecule has 1 spiro atoms. The Balaban J connectivity index is 1.96. The van der Waals surface area contributed by atoms with Gasteiger partial charge >= 0.3 is 0 Å². The summed E-state index contributed by atoms with van der Waals surface area (Å²) in [5.41, 5.74) is 0.468. The largest absolute Gasteiger partial charge is 0.360 e. The fourth-order valence-corrected chi connectivity index (χ4v) is 4.44. The molecule has 0 radical (unpaired) electrons. The zero-order valence-electron chi connectivity index (χ0n) is 12.4. The van der Waals surface area contributed by atoms with Gasteiger partial charge in [-0.3, -0.25) is 4.99 Å². The first-order valence-corrected chi connectivity index (χ1v) is 8.44. The fraction of sp³-hybridized carbons (Fsp3) is 0.933. The Morgan fingerprint density at radius 3 is 2.67 bits per heavy atom. The monoisotopic (exact) mass is 268 g/mol. The SMILES string of the molecule is CCCC(C)(C)NC1=NC2(CCC(C)CC2)CS1. The van der Waals surface area contributed by atoms with E-state index < -0.39 is 0 Å². The molecule has 2 aliphatic rings. The Hall–Kier alpha value is -0.180. The Morgan fingerprint density at radius 1 is 1.39 bits per heavy atom. The Kier molecular flexibility index (Phi) is 4.30. The van der Waals surface area contributed by atoms with Crippen molar-refractivity contribution in [1.82, 2.24) is 5.32 Å². The number of thioether (sulfide) groups is 1. The van der Waals surface area contributed by atoms with Crippen LogP contribution in [-0.4, -0.2) is 22.0 Å². The zero-order chi connectivity index (χ0) is 13.2. The van der Waals surface area contributed by atoms with Crippen molar-refractivity contribution in [2.45, 2.75) is 77.3 Å². The second kappa shape index (κ2) is 5.44. The molecule has 1 saturated carbocycles. The van der Waals surface area contributed by atoms with Gasteiger partial charge in [-0.25, -0.2) is 0 Å². The molecular formula is C15H28N2S. The summed E-state index contributed by atoms with van der Waals surface area (Å²) in [7, 11) is 0. The number of hydrogen-bond acceptors (Lipinski definition) is 3. The van der Waals surface area contributed by atoms with Crippen molar-refractivity contribution in [3.05, 3.63) is 0 Å². The van der Waals surface area contributed by atoms with Crippen LogP contribution in [0, 0.1) is 5.92 Å². The van der Waals surface area contributed by atoms with Crippen LogP contribution in [-0.2, 0) is 0 Å². The van der Waals surface area contributed by atoms with Crippen LogP contribution in [0.15, 0.2) is 4.99 Å². The summed E-state index contributed by atoms with van der Waals surface area (Å²) in [5.74, 6) is 2.11. The normalized spacial score (nSPS) is 32.7. The predicted octanol–water partition coefficient (Wildman–Crippen LogP) is 4.21. The van der Waals surface area contributed by atoms with E-state index in [0.29, 0.717) is 0 Å². The van der Waals surface area contributed by atoms with Gasteiger partial charge in [-0.05, 0) is 51.9 Å². The molecule has 0 bridgehead atoms. The van der Waals surface area contributed by atoms with E-state index in [1.54, 1.807) is 0 Å². The maximum Gasteiger partial charge on any atom is 0.157 e. The third-order valence-corrected chi connectivity index (χ3v) is 5.49. The maximum absolute atomic E-state index is 5.05. The first-order chi connectivity index (χ1) is 8.45. The summed E-state index contributed by atoms with van der Waals surface area (Å²) in [5, 5.41) is 4.85. The molecule has 1 aliphatic heterocycles. The quantitative estimate of drug-likeness (QED) is 0.829. The molecule has 18 heavy (non-hydrogen) atoms. The van der Waals surface area contributed by atoms with Crippen LogP contribution in [0.25, 0.3) is 0 Å². The van der Waals surface area contributed by atoms with Crippen molar-refractivity contribution in [2.24, 2.45) is 10.9 Å². The molecule has 0 saturated heterocycles. The average Bonchev–Trinajstić information content (AvgIpc) is 2.66. The topological polar surface area (TPSA) is 24.4 Å². The lowest BCUT2D eigenvalue weighted by Crippen LogP contribution is -2.41. The minimum absolute atomic E-state index is 0.189. The van der Waals surface area contributed by atoms with Gasteiger partial charge in [0, 0.05) is 11.3 Å². The lowest BCUT2D eigenvalue weighted by atomic mass is 9.79. The van der Waals surface area contributed by atoms with Gasteiger partial charge in [-0.15, -0.1) is 0 Å². The van der Waals surface area contributed by atoms with Gasteiger partial charge < -0.3 is 5.32 Å². The molecule has 104 valence electrons. The van der Waals surface area contributed by atoms with E-state index in [2.05, 4.69) is 33.0 Å². The van der Waals surface area contributed by atoms with E-state index in [1.807, 2.05) is 11.8 Å². The van der Waals surface area contributed by atoms with E-state index in [0.717, 1.165) is 5.92 Å². The third-order valence-electron chi connectivity index (χ3n) is 4.34. The molecule has 0 aromatic heterocycles. The standard InChI is InChI=1S/C15H28N2S/c1-5-8-14(3,4)16-13-17-15(11-18-13)9-6-12(2)7-10-15/h12H,5-11H2,1-4H3,(H,16,17). The molecule has 1 N–H and O–H groups in total. The van der Waals surface area contributed by atoms with E-state index in [-0.39, 0.29) is 11.1 Å². The van der Waals surface area contributed by atoms with Crippen molar-refractivity contribution >= 4 is 16.9 Å². The van der Waals surface area contributed by atoms with Crippen molar-refractivity contribution < 1.29 is 0 Å². The van der Waals surface area contributed by atoms with Crippen molar-refractivity contribution in [3.63, 3.8) is 0 Å². The first kappa shape index (κ1) is 14.2. The first-order valence-electron chi connectivity index (χ1n) is 7.46. The summed E-state index contributed by atoms with van der Waals surface area (Å²) in [4.78, 5) is 5.05. The molecule has 0 aromatic carbocycles. The number of aliphatic imine (C=N–C) groups is 1. The highest BCUT2D eigenvalue weighted by Gasteiger charge is 2.39. The average molecular weight is 268 g/mol. The molecule has 0 unspecified atom stereocenters. The molecule has 0 amide bonds. The van der Waals surface area contributed by atoms with E-state index in [9.17, 15) is 0 Å². The van der Waals surface area contributed by atoms with Gasteiger partial charge in [0.05, 0.1) is 5.54 Å². The van der Waals surface area contributed by atoms with Gasteiger partial charge in [-0.2, -0.15) is 0 Å². The number of nitrogens with one attached hydrogen (secondary N) is 1. The maximum atomic E-state index is 5.05. The predicted molar refractivity (Wildman–Crippen MR) is 82.4 cm³/mol. The summed E-state index contributed by atoms with van der Waals surface area (Å²) in [6.07, 6.45) is 7.73. The molecule has 1 heterocycles. The highest BCUT2D eigenvalue weighted by Crippen LogP contribution is 2.41. The number of rotatable bonds is 3. The summed E-state index contributed by atoms with van der Waals surface area (Å²) < 4.78 is 0. The van der Waals surface area contributed by atoms with Gasteiger partial charge in [0.1, 0.15) is 0 Å². The molecule has 2 nitrogen and oxygen atoms in total. The number of amidine groups is 1. The van der Waals surface area contributed by atoms with Gasteiger partial charge in [-0.1, -0.05) is 32.0 Å². The van der Waals surface area contributed by atoms with Crippen LogP contribution in [0.2, 0.25) is 0 Å². The van der Waals surface area contributed by atoms with Crippen molar-refractivity contribution in [2.75, 3.05) is 5.75 Å². The lowest BCUT2D eigenvalue weighted by Gasteiger charge is -2.32. The fourth-order valence-electron chi connectivity index (χ4n) is 3.08. The van der Waals surface area contributed by atoms with Gasteiger partial charge in [0.2, 0.25) is 0 Å². The Morgan fingerprint density at radius 2 is 2.06 bits per heavy atom. The van der Waals surface area contributed by atoms with E-state index >= 15 is 0 Å². The van der Waals surface area contributed by atoms with E-state index in [1.165, 1.54) is 49.4 Å². The molecule has 3 heteroatoms. The summed E-state index contributed by atoms with van der Waals surface area (Å²) >= 11 is 1.94. The molecular weight excluding hydrogens is 240 g/mol. The van der Waals surface area contributed by atoms with Crippen LogP contribution in [0.5, 0.6) is 0 Å². The highest BCUT2D eigenvalue weighted by atomic mass is 32.2. The van der Waals surface area contributed by atoms with Crippen LogP contribution in [0.3, 0.4) is 0 Å². The Labute approximate surface area is 116 Å². The third kappa shape index (κ3) is 3.43. The number of hydrogen-bond donors (Lipinski definition) is 1. The van der Waals surface area contributed by atoms with Gasteiger partial charge in [0.25, 0.3) is 0 Å². The van der Waals surface area contributed by atoms with Crippen LogP contribution >= 0.6 is 11.8 Å². The minimum Gasteiger partial charge on any atom is -0.360 e. The smallest absolute Gasteiger partial charge is 0.157 e. The van der Waals surface area contributed by atoms with Gasteiger partial charge in [0.15, 0.2) is 5.17 Å². The molecule has 1 aliphatic carbocycles. The molecule has 0 aromatic rings. The summed E-state index contributed by atoms with van der Waals surface area (Å²) in [6.45, 7) is 9.19. The van der Waals surface area contributed by atoms with Crippen LogP contribution < -0.4 is 5.32 Å². The molecule has 2 rings (SSSR count). The second-order valence-corrected chi connectivity index (χ2v) is 7.84. The zero-order valence-corrected chi connectivity index (χ0v) is 13.2. The Bertz CT molecular complexity index is 314. The van der Waals surface area contributed by atoms with Crippen molar-refractivity contribution in [3.8, 4) is 0 Å². The second-order valence-electron chi connectivity index (χ2n) is 6.87. The van der Waals surface area contributed by atoms with Crippen LogP contribution in [0.4, 0.5) is 0 Å². The van der Waals surface area contributed by atoms with Crippen LogP contribution in [0.1, 0.15) is 66.2 Å². The van der Waals surface area contributed by atoms with E-state index in [4.69, 9.17) is 4.99 Å². The lowest BCUT2D eigenvalue weighted by molar-refractivity contribution is 0.272. The molecule has 1 fully saturated rings. The van der Waals surface area contributed by atoms with Crippen molar-refractivity contribution in [1.29, 1.82) is 0 Å².